The molecule has 3 aromatic rings. The van der Waals surface area contributed by atoms with E-state index >= 15 is 0 Å². The van der Waals surface area contributed by atoms with Crippen LogP contribution in [0.2, 0.25) is 0 Å². The molecule has 0 aliphatic carbocycles. The Hall–Kier alpha value is -2.84. The summed E-state index contributed by atoms with van der Waals surface area (Å²) in [6.07, 6.45) is 0.239. The number of nitrogens with zero attached hydrogens (tertiary/aromatic N) is 4. The van der Waals surface area contributed by atoms with Gasteiger partial charge in [0, 0.05) is 6.42 Å². The normalized spacial score (nSPS) is 11.0. The van der Waals surface area contributed by atoms with Crippen LogP contribution in [0.25, 0.3) is 0 Å². The van der Waals surface area contributed by atoms with Crippen molar-refractivity contribution in [3.05, 3.63) is 76.4 Å². The van der Waals surface area contributed by atoms with Crippen molar-refractivity contribution in [2.75, 3.05) is 0 Å². The van der Waals surface area contributed by atoms with Crippen molar-refractivity contribution in [1.29, 1.82) is 0 Å². The van der Waals surface area contributed by atoms with Gasteiger partial charge in [0.25, 0.3) is 0 Å². The van der Waals surface area contributed by atoms with Gasteiger partial charge < -0.3 is 0 Å². The summed E-state index contributed by atoms with van der Waals surface area (Å²) in [5.41, 5.74) is -0.168. The van der Waals surface area contributed by atoms with Crippen molar-refractivity contribution in [3.8, 4) is 0 Å². The van der Waals surface area contributed by atoms with Crippen molar-refractivity contribution in [3.63, 3.8) is 0 Å². The Labute approximate surface area is 132 Å². The van der Waals surface area contributed by atoms with E-state index < -0.39 is 41.2 Å². The molecule has 9 heteroatoms. The lowest BCUT2D eigenvalue weighted by atomic mass is 10.1. The molecular weight excluding hydrogens is 331 g/mol. The Morgan fingerprint density at radius 3 is 2.00 bits per heavy atom. The van der Waals surface area contributed by atoms with E-state index in [1.165, 1.54) is 0 Å². The van der Waals surface area contributed by atoms with Gasteiger partial charge >= 0.3 is 0 Å². The molecule has 0 unspecified atom stereocenters. The largest absolute Gasteiger partial charge is 0.225 e. The van der Waals surface area contributed by atoms with Crippen molar-refractivity contribution in [1.82, 2.24) is 20.2 Å². The Kier molecular flexibility index (Phi) is 4.24. The summed E-state index contributed by atoms with van der Waals surface area (Å²) in [5.74, 6) is -9.76. The highest BCUT2D eigenvalue weighted by Crippen LogP contribution is 2.23. The second kappa shape index (κ2) is 6.34. The fraction of sp³-hybridized carbons (Fsp3) is 0.133. The minimum absolute atomic E-state index is 0.227. The van der Waals surface area contributed by atoms with Crippen LogP contribution in [0.3, 0.4) is 0 Å². The number of aromatic nitrogens is 4. The van der Waals surface area contributed by atoms with Crippen molar-refractivity contribution < 1.29 is 22.0 Å². The number of hydrogen-bond acceptors (Lipinski definition) is 3. The number of halogens is 5. The molecule has 0 atom stereocenters. The first-order valence-electron chi connectivity index (χ1n) is 6.78. The average molecular weight is 340 g/mol. The standard InChI is InChI=1S/C15H9F5N4/c16-11-9(12(17)14(19)15(20)13(11)18)7-24-10(21-22-23-24)6-8-4-2-1-3-5-8/h1-5H,6-7H2. The number of rotatable bonds is 4. The van der Waals surface area contributed by atoms with Crippen molar-refractivity contribution in [2.45, 2.75) is 13.0 Å². The third-order valence-electron chi connectivity index (χ3n) is 3.42. The first-order valence-corrected chi connectivity index (χ1v) is 6.78. The van der Waals surface area contributed by atoms with Gasteiger partial charge in [0.2, 0.25) is 5.82 Å². The molecule has 4 nitrogen and oxygen atoms in total. The van der Waals surface area contributed by atoms with Crippen LogP contribution in [0.15, 0.2) is 30.3 Å². The Bertz CT molecular complexity index is 850. The van der Waals surface area contributed by atoms with Crippen LogP contribution in [0.5, 0.6) is 0 Å². The lowest BCUT2D eigenvalue weighted by Gasteiger charge is -2.09. The summed E-state index contributed by atoms with van der Waals surface area (Å²) in [6.45, 7) is -0.680. The van der Waals surface area contributed by atoms with E-state index in [0.29, 0.717) is 0 Å². The summed E-state index contributed by atoms with van der Waals surface area (Å²) in [7, 11) is 0. The maximum Gasteiger partial charge on any atom is 0.200 e. The molecule has 1 aromatic heterocycles. The molecule has 0 radical (unpaired) electrons. The molecule has 0 spiro atoms. The van der Waals surface area contributed by atoms with Crippen molar-refractivity contribution >= 4 is 0 Å². The molecule has 0 aliphatic rings. The monoisotopic (exact) mass is 340 g/mol. The van der Waals surface area contributed by atoms with Gasteiger partial charge in [-0.3, -0.25) is 0 Å². The molecule has 1 heterocycles. The topological polar surface area (TPSA) is 43.6 Å². The maximum absolute atomic E-state index is 13.8. The van der Waals surface area contributed by atoms with Gasteiger partial charge in [0.1, 0.15) is 0 Å². The van der Waals surface area contributed by atoms with E-state index in [1.54, 1.807) is 30.3 Å². The van der Waals surface area contributed by atoms with Crippen LogP contribution < -0.4 is 0 Å². The molecule has 24 heavy (non-hydrogen) atoms. The van der Waals surface area contributed by atoms with Crippen molar-refractivity contribution in [2.24, 2.45) is 0 Å². The third kappa shape index (κ3) is 2.84. The molecule has 2 aromatic carbocycles. The van der Waals surface area contributed by atoms with Gasteiger partial charge in [-0.25, -0.2) is 26.6 Å². The molecule has 0 saturated carbocycles. The summed E-state index contributed by atoms with van der Waals surface area (Å²) >= 11 is 0. The van der Waals surface area contributed by atoms with E-state index in [1.807, 2.05) is 0 Å². The quantitative estimate of drug-likeness (QED) is 0.417. The minimum Gasteiger partial charge on any atom is -0.225 e. The molecule has 0 bridgehead atoms. The molecule has 0 aliphatic heterocycles. The van der Waals surface area contributed by atoms with E-state index in [-0.39, 0.29) is 12.2 Å². The lowest BCUT2D eigenvalue weighted by molar-refractivity contribution is 0.366. The highest BCUT2D eigenvalue weighted by Gasteiger charge is 2.26. The molecular formula is C15H9F5N4. The second-order valence-electron chi connectivity index (χ2n) is 4.96. The number of benzene rings is 2. The summed E-state index contributed by atoms with van der Waals surface area (Å²) in [5, 5.41) is 10.7. The smallest absolute Gasteiger partial charge is 0.200 e. The zero-order valence-corrected chi connectivity index (χ0v) is 12.0. The molecule has 0 fully saturated rings. The van der Waals surface area contributed by atoms with Gasteiger partial charge in [-0.1, -0.05) is 30.3 Å². The van der Waals surface area contributed by atoms with Gasteiger partial charge in [0.05, 0.1) is 12.1 Å². The number of tetrazole rings is 1. The molecule has 0 saturated heterocycles. The first-order chi connectivity index (χ1) is 11.5. The Morgan fingerprint density at radius 2 is 1.38 bits per heavy atom. The predicted molar refractivity (Wildman–Crippen MR) is 72.4 cm³/mol. The fourth-order valence-electron chi connectivity index (χ4n) is 2.19. The van der Waals surface area contributed by atoms with E-state index in [2.05, 4.69) is 15.5 Å². The van der Waals surface area contributed by atoms with Gasteiger partial charge in [-0.15, -0.1) is 5.10 Å². The minimum atomic E-state index is -2.20. The zero-order valence-electron chi connectivity index (χ0n) is 12.0. The van der Waals surface area contributed by atoms with Crippen LogP contribution in [-0.4, -0.2) is 20.2 Å². The Balaban J connectivity index is 1.95. The molecule has 3 rings (SSSR count). The molecule has 124 valence electrons. The molecule has 0 amide bonds. The van der Waals surface area contributed by atoms with Gasteiger partial charge in [-0.05, 0) is 16.0 Å². The van der Waals surface area contributed by atoms with Crippen LogP contribution in [-0.2, 0) is 13.0 Å². The zero-order chi connectivity index (χ0) is 17.3. The van der Waals surface area contributed by atoms with E-state index in [0.717, 1.165) is 10.2 Å². The predicted octanol–water partition coefficient (Wildman–Crippen LogP) is 3.01. The van der Waals surface area contributed by atoms with E-state index in [9.17, 15) is 22.0 Å². The summed E-state index contributed by atoms with van der Waals surface area (Å²) in [6, 6.07) is 8.96. The van der Waals surface area contributed by atoms with Crippen LogP contribution in [0, 0.1) is 29.1 Å². The SMILES string of the molecule is Fc1c(F)c(F)c(Cn2nnnc2Cc2ccccc2)c(F)c1F. The highest BCUT2D eigenvalue weighted by atomic mass is 19.2. The molecule has 0 N–H and O–H groups in total. The maximum atomic E-state index is 13.8. The average Bonchev–Trinajstić information content (AvgIpc) is 3.03. The second-order valence-corrected chi connectivity index (χ2v) is 4.96. The fourth-order valence-corrected chi connectivity index (χ4v) is 2.19. The number of hydrogen-bond donors (Lipinski definition) is 0. The Morgan fingerprint density at radius 1 is 0.792 bits per heavy atom. The van der Waals surface area contributed by atoms with Gasteiger partial charge in [-0.2, -0.15) is 0 Å². The van der Waals surface area contributed by atoms with E-state index in [4.69, 9.17) is 0 Å². The summed E-state index contributed by atoms with van der Waals surface area (Å²) in [4.78, 5) is 0. The van der Waals surface area contributed by atoms with Crippen LogP contribution in [0.4, 0.5) is 22.0 Å². The van der Waals surface area contributed by atoms with Gasteiger partial charge in [0.15, 0.2) is 29.1 Å². The van der Waals surface area contributed by atoms with Crippen LogP contribution >= 0.6 is 0 Å². The third-order valence-corrected chi connectivity index (χ3v) is 3.42. The van der Waals surface area contributed by atoms with Crippen LogP contribution in [0.1, 0.15) is 17.0 Å². The highest BCUT2D eigenvalue weighted by molar-refractivity contribution is 5.25. The first kappa shape index (κ1) is 16.0. The lowest BCUT2D eigenvalue weighted by Crippen LogP contribution is -2.14. The summed E-state index contributed by atoms with van der Waals surface area (Å²) < 4.78 is 68.1.